The number of aryl methyl sites for hydroxylation is 1. The second-order valence-corrected chi connectivity index (χ2v) is 6.80. The fourth-order valence-corrected chi connectivity index (χ4v) is 3.23. The number of amides is 2. The number of anilines is 1. The van der Waals surface area contributed by atoms with Crippen molar-refractivity contribution in [2.45, 2.75) is 20.4 Å². The average molecular weight is 386 g/mol. The van der Waals surface area contributed by atoms with Gasteiger partial charge in [0.2, 0.25) is 0 Å². The van der Waals surface area contributed by atoms with E-state index in [0.29, 0.717) is 13.1 Å². The van der Waals surface area contributed by atoms with Gasteiger partial charge in [0.05, 0.1) is 0 Å². The van der Waals surface area contributed by atoms with Crippen LogP contribution in [-0.2, 0) is 6.54 Å². The van der Waals surface area contributed by atoms with E-state index in [1.807, 2.05) is 60.9 Å². The SMILES string of the molecule is Cc1cccc(NC(=O)NCCn2c(-c3ccncc3)nc3cccnc32)c1C. The zero-order valence-corrected chi connectivity index (χ0v) is 16.4. The van der Waals surface area contributed by atoms with Crippen LogP contribution in [0.3, 0.4) is 0 Å². The molecule has 0 spiro atoms. The number of fused-ring (bicyclic) bond motifs is 1. The Morgan fingerprint density at radius 3 is 2.69 bits per heavy atom. The van der Waals surface area contributed by atoms with Crippen LogP contribution in [0.25, 0.3) is 22.6 Å². The third-order valence-corrected chi connectivity index (χ3v) is 4.92. The van der Waals surface area contributed by atoms with Gasteiger partial charge in [-0.3, -0.25) is 4.98 Å². The molecule has 4 rings (SSSR count). The van der Waals surface area contributed by atoms with E-state index < -0.39 is 0 Å². The molecule has 0 bridgehead atoms. The molecule has 0 aliphatic heterocycles. The third-order valence-electron chi connectivity index (χ3n) is 4.92. The molecule has 0 aliphatic carbocycles. The fourth-order valence-electron chi connectivity index (χ4n) is 3.23. The van der Waals surface area contributed by atoms with Gasteiger partial charge in [-0.25, -0.2) is 14.8 Å². The maximum Gasteiger partial charge on any atom is 0.319 e. The molecule has 0 unspecified atom stereocenters. The molecule has 0 fully saturated rings. The van der Waals surface area contributed by atoms with E-state index in [2.05, 4.69) is 20.6 Å². The van der Waals surface area contributed by atoms with E-state index in [9.17, 15) is 4.79 Å². The number of carbonyl (C=O) groups excluding carboxylic acids is 1. The lowest BCUT2D eigenvalue weighted by Gasteiger charge is -2.13. The zero-order chi connectivity index (χ0) is 20.2. The molecule has 3 aromatic heterocycles. The van der Waals surface area contributed by atoms with Crippen LogP contribution in [-0.4, -0.2) is 32.1 Å². The van der Waals surface area contributed by atoms with Gasteiger partial charge in [-0.1, -0.05) is 12.1 Å². The number of rotatable bonds is 5. The minimum atomic E-state index is -0.235. The van der Waals surface area contributed by atoms with Gasteiger partial charge >= 0.3 is 6.03 Å². The van der Waals surface area contributed by atoms with Crippen molar-refractivity contribution >= 4 is 22.9 Å². The van der Waals surface area contributed by atoms with E-state index in [1.54, 1.807) is 18.6 Å². The molecule has 0 aliphatic rings. The number of carbonyl (C=O) groups is 1. The first-order valence-electron chi connectivity index (χ1n) is 9.46. The summed E-state index contributed by atoms with van der Waals surface area (Å²) in [6.45, 7) is 5.01. The molecular formula is C22H22N6O. The summed E-state index contributed by atoms with van der Waals surface area (Å²) in [6, 6.07) is 13.3. The molecule has 1 aromatic carbocycles. The number of hydrogen-bond acceptors (Lipinski definition) is 4. The lowest BCUT2D eigenvalue weighted by molar-refractivity contribution is 0.251. The molecule has 0 saturated carbocycles. The Balaban J connectivity index is 1.50. The Bertz CT molecular complexity index is 1150. The standard InChI is InChI=1S/C22H22N6O/c1-15-5-3-6-18(16(15)2)27-22(29)25-13-14-28-20(17-8-11-23-12-9-17)26-19-7-4-10-24-21(19)28/h3-12H,13-14H2,1-2H3,(H2,25,27,29). The van der Waals surface area contributed by atoms with E-state index in [0.717, 1.165) is 39.4 Å². The van der Waals surface area contributed by atoms with Gasteiger partial charge in [-0.15, -0.1) is 0 Å². The Morgan fingerprint density at radius 2 is 1.86 bits per heavy atom. The maximum atomic E-state index is 12.4. The van der Waals surface area contributed by atoms with Crippen LogP contribution >= 0.6 is 0 Å². The monoisotopic (exact) mass is 386 g/mol. The summed E-state index contributed by atoms with van der Waals surface area (Å²) in [7, 11) is 0. The van der Waals surface area contributed by atoms with E-state index in [-0.39, 0.29) is 6.03 Å². The minimum Gasteiger partial charge on any atom is -0.336 e. The van der Waals surface area contributed by atoms with Crippen molar-refractivity contribution in [2.75, 3.05) is 11.9 Å². The lowest BCUT2D eigenvalue weighted by atomic mass is 10.1. The van der Waals surface area contributed by atoms with Crippen molar-refractivity contribution in [1.29, 1.82) is 0 Å². The minimum absolute atomic E-state index is 0.235. The highest BCUT2D eigenvalue weighted by atomic mass is 16.2. The second-order valence-electron chi connectivity index (χ2n) is 6.80. The van der Waals surface area contributed by atoms with Gasteiger partial charge < -0.3 is 15.2 Å². The third kappa shape index (κ3) is 3.94. The average Bonchev–Trinajstić information content (AvgIpc) is 3.11. The van der Waals surface area contributed by atoms with Gasteiger partial charge in [0.25, 0.3) is 0 Å². The Hall–Kier alpha value is -3.74. The quantitative estimate of drug-likeness (QED) is 0.544. The van der Waals surface area contributed by atoms with Crippen LogP contribution < -0.4 is 10.6 Å². The van der Waals surface area contributed by atoms with Crippen molar-refractivity contribution < 1.29 is 4.79 Å². The van der Waals surface area contributed by atoms with Crippen LogP contribution in [0.4, 0.5) is 10.5 Å². The van der Waals surface area contributed by atoms with Crippen molar-refractivity contribution in [3.05, 3.63) is 72.2 Å². The first-order valence-corrected chi connectivity index (χ1v) is 9.46. The van der Waals surface area contributed by atoms with Gasteiger partial charge in [0.15, 0.2) is 5.65 Å². The second kappa shape index (κ2) is 8.10. The van der Waals surface area contributed by atoms with Crippen molar-refractivity contribution in [1.82, 2.24) is 24.8 Å². The van der Waals surface area contributed by atoms with Crippen LogP contribution in [0.1, 0.15) is 11.1 Å². The smallest absolute Gasteiger partial charge is 0.319 e. The number of nitrogens with zero attached hydrogens (tertiary/aromatic N) is 4. The predicted octanol–water partition coefficient (Wildman–Crippen LogP) is 3.93. The zero-order valence-electron chi connectivity index (χ0n) is 16.4. The highest BCUT2D eigenvalue weighted by Gasteiger charge is 2.13. The highest BCUT2D eigenvalue weighted by molar-refractivity contribution is 5.90. The molecule has 2 amide bonds. The van der Waals surface area contributed by atoms with Crippen molar-refractivity contribution in [3.8, 4) is 11.4 Å². The summed E-state index contributed by atoms with van der Waals surface area (Å²) >= 11 is 0. The number of hydrogen-bond donors (Lipinski definition) is 2. The number of benzene rings is 1. The van der Waals surface area contributed by atoms with Crippen LogP contribution in [0.2, 0.25) is 0 Å². The van der Waals surface area contributed by atoms with Crippen molar-refractivity contribution in [3.63, 3.8) is 0 Å². The summed E-state index contributed by atoms with van der Waals surface area (Å²) in [5, 5.41) is 5.84. The van der Waals surface area contributed by atoms with Gasteiger partial charge in [0, 0.05) is 42.9 Å². The molecule has 3 heterocycles. The lowest BCUT2D eigenvalue weighted by Crippen LogP contribution is -2.31. The highest BCUT2D eigenvalue weighted by Crippen LogP contribution is 2.23. The molecule has 29 heavy (non-hydrogen) atoms. The summed E-state index contributed by atoms with van der Waals surface area (Å²) in [6.07, 6.45) is 5.22. The summed E-state index contributed by atoms with van der Waals surface area (Å²) in [5.74, 6) is 0.804. The normalized spacial score (nSPS) is 10.8. The van der Waals surface area contributed by atoms with Gasteiger partial charge in [-0.2, -0.15) is 0 Å². The number of aromatic nitrogens is 4. The first-order chi connectivity index (χ1) is 14.1. The van der Waals surface area contributed by atoms with E-state index in [1.165, 1.54) is 0 Å². The van der Waals surface area contributed by atoms with Crippen LogP contribution in [0.5, 0.6) is 0 Å². The fraction of sp³-hybridized carbons (Fsp3) is 0.182. The molecule has 2 N–H and O–H groups in total. The van der Waals surface area contributed by atoms with E-state index in [4.69, 9.17) is 4.98 Å². The van der Waals surface area contributed by atoms with Crippen molar-refractivity contribution in [2.24, 2.45) is 0 Å². The largest absolute Gasteiger partial charge is 0.336 e. The number of pyridine rings is 2. The first kappa shape index (κ1) is 18.6. The molecule has 0 radical (unpaired) electrons. The van der Waals surface area contributed by atoms with Crippen LogP contribution in [0, 0.1) is 13.8 Å². The molecular weight excluding hydrogens is 364 g/mol. The predicted molar refractivity (Wildman–Crippen MR) is 114 cm³/mol. The van der Waals surface area contributed by atoms with Crippen LogP contribution in [0.15, 0.2) is 61.1 Å². The molecule has 7 heteroatoms. The summed E-state index contributed by atoms with van der Waals surface area (Å²) in [5.41, 5.74) is 5.58. The summed E-state index contributed by atoms with van der Waals surface area (Å²) < 4.78 is 2.02. The molecule has 0 saturated heterocycles. The molecule has 7 nitrogen and oxygen atoms in total. The Labute approximate surface area is 168 Å². The van der Waals surface area contributed by atoms with Gasteiger partial charge in [-0.05, 0) is 55.3 Å². The maximum absolute atomic E-state index is 12.4. The summed E-state index contributed by atoms with van der Waals surface area (Å²) in [4.78, 5) is 25.6. The molecule has 146 valence electrons. The van der Waals surface area contributed by atoms with Gasteiger partial charge in [0.1, 0.15) is 11.3 Å². The Morgan fingerprint density at radius 1 is 1.03 bits per heavy atom. The molecule has 0 atom stereocenters. The number of urea groups is 1. The topological polar surface area (TPSA) is 84.7 Å². The Kier molecular flexibility index (Phi) is 5.20. The molecule has 4 aromatic rings. The number of imidazole rings is 1. The number of nitrogens with one attached hydrogen (secondary N) is 2. The van der Waals surface area contributed by atoms with E-state index >= 15 is 0 Å².